The molecule has 4 heteroatoms. The predicted molar refractivity (Wildman–Crippen MR) is 73.8 cm³/mol. The van der Waals surface area contributed by atoms with E-state index in [1.165, 1.54) is 0 Å². The molecule has 92 valence electrons. The van der Waals surface area contributed by atoms with E-state index < -0.39 is 0 Å². The Morgan fingerprint density at radius 1 is 1.35 bits per heavy atom. The summed E-state index contributed by atoms with van der Waals surface area (Å²) in [5, 5.41) is 0.740. The summed E-state index contributed by atoms with van der Waals surface area (Å²) in [6, 6.07) is 5.77. The van der Waals surface area contributed by atoms with Crippen LogP contribution in [-0.2, 0) is 12.4 Å². The molecule has 0 bridgehead atoms. The molecule has 0 amide bonds. The fourth-order valence-electron chi connectivity index (χ4n) is 1.88. The van der Waals surface area contributed by atoms with Gasteiger partial charge < -0.3 is 4.57 Å². The smallest absolute Gasteiger partial charge is 0.124 e. The van der Waals surface area contributed by atoms with E-state index in [4.69, 9.17) is 23.2 Å². The molecule has 0 fully saturated rings. The van der Waals surface area contributed by atoms with Gasteiger partial charge in [-0.25, -0.2) is 4.98 Å². The van der Waals surface area contributed by atoms with Crippen molar-refractivity contribution in [1.82, 2.24) is 9.55 Å². The molecule has 0 aliphatic rings. The summed E-state index contributed by atoms with van der Waals surface area (Å²) >= 11 is 12.0. The zero-order valence-electron chi connectivity index (χ0n) is 10.1. The van der Waals surface area contributed by atoms with Gasteiger partial charge in [-0.1, -0.05) is 25.4 Å². The largest absolute Gasteiger partial charge is 0.327 e. The van der Waals surface area contributed by atoms with E-state index in [1.54, 1.807) is 0 Å². The van der Waals surface area contributed by atoms with E-state index in [2.05, 4.69) is 23.4 Å². The van der Waals surface area contributed by atoms with Crippen molar-refractivity contribution < 1.29 is 0 Å². The molecule has 0 spiro atoms. The summed E-state index contributed by atoms with van der Waals surface area (Å²) < 4.78 is 2.17. The van der Waals surface area contributed by atoms with Crippen LogP contribution < -0.4 is 0 Å². The lowest BCUT2D eigenvalue weighted by Crippen LogP contribution is -2.05. The number of aryl methyl sites for hydroxylation is 1. The van der Waals surface area contributed by atoms with Gasteiger partial charge in [-0.3, -0.25) is 0 Å². The Morgan fingerprint density at radius 3 is 2.76 bits per heavy atom. The zero-order valence-corrected chi connectivity index (χ0v) is 11.6. The van der Waals surface area contributed by atoms with E-state index >= 15 is 0 Å². The number of fused-ring (bicyclic) bond motifs is 1. The molecule has 0 aliphatic heterocycles. The first-order chi connectivity index (χ1) is 8.11. The fraction of sp³-hybridized carbons (Fsp3) is 0.462. The molecule has 2 nitrogen and oxygen atoms in total. The third-order valence-electron chi connectivity index (χ3n) is 2.84. The second kappa shape index (κ2) is 5.28. The lowest BCUT2D eigenvalue weighted by molar-refractivity contribution is 0.516. The third-order valence-corrected chi connectivity index (χ3v) is 3.31. The van der Waals surface area contributed by atoms with Gasteiger partial charge in [0, 0.05) is 11.6 Å². The highest BCUT2D eigenvalue weighted by atomic mass is 35.5. The molecule has 0 N–H and O–H groups in total. The van der Waals surface area contributed by atoms with Crippen molar-refractivity contribution in [3.8, 4) is 0 Å². The van der Waals surface area contributed by atoms with Crippen LogP contribution in [0.25, 0.3) is 11.0 Å². The van der Waals surface area contributed by atoms with Crippen molar-refractivity contribution in [2.24, 2.45) is 5.92 Å². The van der Waals surface area contributed by atoms with Crippen LogP contribution in [0.5, 0.6) is 0 Å². The number of halogens is 2. The normalized spacial score (nSPS) is 11.6. The van der Waals surface area contributed by atoms with Crippen molar-refractivity contribution in [2.45, 2.75) is 32.7 Å². The van der Waals surface area contributed by atoms with Crippen LogP contribution in [-0.4, -0.2) is 9.55 Å². The van der Waals surface area contributed by atoms with Crippen LogP contribution in [0.15, 0.2) is 18.2 Å². The van der Waals surface area contributed by atoms with Crippen LogP contribution in [0.1, 0.15) is 26.1 Å². The Morgan fingerprint density at radius 2 is 2.12 bits per heavy atom. The monoisotopic (exact) mass is 270 g/mol. The molecule has 0 aliphatic carbocycles. The van der Waals surface area contributed by atoms with Gasteiger partial charge in [-0.05, 0) is 30.5 Å². The summed E-state index contributed by atoms with van der Waals surface area (Å²) in [5.41, 5.74) is 2.04. The van der Waals surface area contributed by atoms with Gasteiger partial charge in [-0.2, -0.15) is 0 Å². The maximum atomic E-state index is 6.03. The number of imidazole rings is 1. The van der Waals surface area contributed by atoms with Gasteiger partial charge in [0.1, 0.15) is 5.82 Å². The van der Waals surface area contributed by atoms with Crippen LogP contribution in [0.2, 0.25) is 5.02 Å². The SMILES string of the molecule is CC(C)CCn1c(CCl)nc2ccc(Cl)cc21. The maximum Gasteiger partial charge on any atom is 0.124 e. The molecule has 2 aromatic rings. The first kappa shape index (κ1) is 12.7. The summed E-state index contributed by atoms with van der Waals surface area (Å²) in [6.07, 6.45) is 1.11. The molecule has 0 atom stereocenters. The average molecular weight is 271 g/mol. The maximum absolute atomic E-state index is 6.03. The number of aromatic nitrogens is 2. The van der Waals surface area contributed by atoms with Crippen molar-refractivity contribution in [3.05, 3.63) is 29.0 Å². The summed E-state index contributed by atoms with van der Waals surface area (Å²) in [6.45, 7) is 5.37. The minimum absolute atomic E-state index is 0.435. The third kappa shape index (κ3) is 2.75. The molecular weight excluding hydrogens is 255 g/mol. The van der Waals surface area contributed by atoms with Gasteiger partial charge in [0.15, 0.2) is 0 Å². The van der Waals surface area contributed by atoms with Gasteiger partial charge in [0.2, 0.25) is 0 Å². The van der Waals surface area contributed by atoms with Crippen LogP contribution >= 0.6 is 23.2 Å². The lowest BCUT2D eigenvalue weighted by atomic mass is 10.1. The minimum atomic E-state index is 0.435. The van der Waals surface area contributed by atoms with Crippen LogP contribution in [0, 0.1) is 5.92 Å². The van der Waals surface area contributed by atoms with Crippen molar-refractivity contribution in [2.75, 3.05) is 0 Å². The number of hydrogen-bond donors (Lipinski definition) is 0. The molecule has 17 heavy (non-hydrogen) atoms. The van der Waals surface area contributed by atoms with Gasteiger partial charge in [0.05, 0.1) is 16.9 Å². The summed E-state index contributed by atoms with van der Waals surface area (Å²) in [7, 11) is 0. The van der Waals surface area contributed by atoms with Gasteiger partial charge in [0.25, 0.3) is 0 Å². The number of alkyl halides is 1. The number of nitrogens with zero attached hydrogens (tertiary/aromatic N) is 2. The van der Waals surface area contributed by atoms with E-state index in [9.17, 15) is 0 Å². The number of rotatable bonds is 4. The molecular formula is C13H16Cl2N2. The first-order valence-corrected chi connectivity index (χ1v) is 6.73. The molecule has 2 rings (SSSR count). The molecule has 1 heterocycles. The number of hydrogen-bond acceptors (Lipinski definition) is 1. The average Bonchev–Trinajstić information content (AvgIpc) is 2.63. The second-order valence-electron chi connectivity index (χ2n) is 4.63. The predicted octanol–water partition coefficient (Wildman–Crippen LogP) is 4.47. The van der Waals surface area contributed by atoms with Gasteiger partial charge in [-0.15, -0.1) is 11.6 Å². The topological polar surface area (TPSA) is 17.8 Å². The second-order valence-corrected chi connectivity index (χ2v) is 5.33. The van der Waals surface area contributed by atoms with Crippen molar-refractivity contribution in [3.63, 3.8) is 0 Å². The molecule has 1 aromatic heterocycles. The molecule has 0 saturated heterocycles. The molecule has 0 radical (unpaired) electrons. The summed E-state index contributed by atoms with van der Waals surface area (Å²) in [5.74, 6) is 2.02. The Kier molecular flexibility index (Phi) is 3.95. The first-order valence-electron chi connectivity index (χ1n) is 5.82. The van der Waals surface area contributed by atoms with E-state index in [-0.39, 0.29) is 0 Å². The summed E-state index contributed by atoms with van der Waals surface area (Å²) in [4.78, 5) is 4.52. The highest BCUT2D eigenvalue weighted by molar-refractivity contribution is 6.31. The van der Waals surface area contributed by atoms with Crippen molar-refractivity contribution in [1.29, 1.82) is 0 Å². The highest BCUT2D eigenvalue weighted by Gasteiger charge is 2.10. The van der Waals surface area contributed by atoms with Crippen molar-refractivity contribution >= 4 is 34.2 Å². The Hall–Kier alpha value is -0.730. The highest BCUT2D eigenvalue weighted by Crippen LogP contribution is 2.22. The number of benzene rings is 1. The van der Waals surface area contributed by atoms with E-state index in [0.29, 0.717) is 11.8 Å². The van der Waals surface area contributed by atoms with Crippen LogP contribution in [0.4, 0.5) is 0 Å². The fourth-order valence-corrected chi connectivity index (χ4v) is 2.25. The quantitative estimate of drug-likeness (QED) is 0.750. The lowest BCUT2D eigenvalue weighted by Gasteiger charge is -2.09. The molecule has 1 aromatic carbocycles. The van der Waals surface area contributed by atoms with Crippen LogP contribution in [0.3, 0.4) is 0 Å². The van der Waals surface area contributed by atoms with E-state index in [0.717, 1.165) is 34.8 Å². The molecule has 0 saturated carbocycles. The van der Waals surface area contributed by atoms with Gasteiger partial charge >= 0.3 is 0 Å². The standard InChI is InChI=1S/C13H16Cl2N2/c1-9(2)5-6-17-12-7-10(15)3-4-11(12)16-13(17)8-14/h3-4,7,9H,5-6,8H2,1-2H3. The van der Waals surface area contributed by atoms with E-state index in [1.807, 2.05) is 18.2 Å². The Labute approximate surface area is 112 Å². The minimum Gasteiger partial charge on any atom is -0.327 e. The Bertz CT molecular complexity index is 517. The zero-order chi connectivity index (χ0) is 12.4. The Balaban J connectivity index is 2.45. The molecule has 0 unspecified atom stereocenters.